The lowest BCUT2D eigenvalue weighted by Gasteiger charge is -2.32. The Kier molecular flexibility index (Phi) is 8.98. The summed E-state index contributed by atoms with van der Waals surface area (Å²) >= 11 is 6.06. The number of hydrogen-bond acceptors (Lipinski definition) is 3. The molecule has 1 aliphatic heterocycles. The molecule has 2 N–H and O–H groups in total. The van der Waals surface area contributed by atoms with Crippen LogP contribution in [-0.4, -0.2) is 56.7 Å². The van der Waals surface area contributed by atoms with E-state index in [9.17, 15) is 12.8 Å². The van der Waals surface area contributed by atoms with Crippen LogP contribution in [0.25, 0.3) is 0 Å². The van der Waals surface area contributed by atoms with Crippen LogP contribution in [0.2, 0.25) is 5.02 Å². The molecule has 0 bridgehead atoms. The molecule has 1 aliphatic rings. The van der Waals surface area contributed by atoms with Gasteiger partial charge in [0.25, 0.3) is 0 Å². The van der Waals surface area contributed by atoms with Crippen LogP contribution in [0.15, 0.2) is 23.2 Å². The number of nitrogens with one attached hydrogen (secondary N) is 2. The van der Waals surface area contributed by atoms with Crippen LogP contribution in [0.3, 0.4) is 0 Å². The van der Waals surface area contributed by atoms with Gasteiger partial charge in [-0.25, -0.2) is 17.1 Å². The molecule has 6 nitrogen and oxygen atoms in total. The molecule has 1 saturated heterocycles. The van der Waals surface area contributed by atoms with Crippen LogP contribution < -0.4 is 10.6 Å². The van der Waals surface area contributed by atoms with E-state index in [4.69, 9.17) is 11.6 Å². The Morgan fingerprint density at radius 3 is 2.64 bits per heavy atom. The van der Waals surface area contributed by atoms with Gasteiger partial charge in [-0.15, -0.1) is 0 Å². The van der Waals surface area contributed by atoms with Crippen LogP contribution in [0, 0.1) is 5.82 Å². The van der Waals surface area contributed by atoms with E-state index in [2.05, 4.69) is 15.6 Å². The second-order valence-corrected chi connectivity index (χ2v) is 9.38. The van der Waals surface area contributed by atoms with Crippen molar-refractivity contribution in [3.05, 3.63) is 34.6 Å². The molecule has 0 atom stereocenters. The van der Waals surface area contributed by atoms with Crippen LogP contribution >= 0.6 is 11.6 Å². The molecule has 158 valence electrons. The van der Waals surface area contributed by atoms with E-state index >= 15 is 0 Å². The van der Waals surface area contributed by atoms with E-state index in [0.29, 0.717) is 43.5 Å². The highest BCUT2D eigenvalue weighted by atomic mass is 35.5. The van der Waals surface area contributed by atoms with E-state index in [1.807, 2.05) is 13.8 Å². The number of nitrogens with zero attached hydrogens (tertiary/aromatic N) is 2. The fourth-order valence-corrected chi connectivity index (χ4v) is 4.99. The zero-order chi connectivity index (χ0) is 20.6. The predicted octanol–water partition coefficient (Wildman–Crippen LogP) is 2.78. The molecule has 0 aliphatic carbocycles. The maximum absolute atomic E-state index is 13.1. The zero-order valence-corrected chi connectivity index (χ0v) is 18.1. The van der Waals surface area contributed by atoms with Gasteiger partial charge in [-0.2, -0.15) is 0 Å². The molecule has 1 fully saturated rings. The Hall–Kier alpha value is -1.38. The molecule has 0 spiro atoms. The SMILES string of the molecule is CCCS(=O)(=O)N1CCC(NC(=NCCc2ccc(F)cc2Cl)NCC)CC1. The lowest BCUT2D eigenvalue weighted by molar-refractivity contribution is 0.306. The Morgan fingerprint density at radius 1 is 1.32 bits per heavy atom. The second-order valence-electron chi connectivity index (χ2n) is 6.88. The number of hydrogen-bond donors (Lipinski definition) is 2. The minimum atomic E-state index is -3.13. The first kappa shape index (κ1) is 22.9. The molecular weight excluding hydrogens is 403 g/mol. The van der Waals surface area contributed by atoms with Gasteiger partial charge >= 0.3 is 0 Å². The van der Waals surface area contributed by atoms with Crippen LogP contribution in [0.1, 0.15) is 38.7 Å². The molecule has 1 heterocycles. The number of benzene rings is 1. The van der Waals surface area contributed by atoms with Crippen molar-refractivity contribution in [3.8, 4) is 0 Å². The molecule has 1 aromatic rings. The Balaban J connectivity index is 1.88. The first-order valence-electron chi connectivity index (χ1n) is 9.82. The smallest absolute Gasteiger partial charge is 0.214 e. The maximum atomic E-state index is 13.1. The van der Waals surface area contributed by atoms with Gasteiger partial charge in [0.2, 0.25) is 10.0 Å². The maximum Gasteiger partial charge on any atom is 0.214 e. The summed E-state index contributed by atoms with van der Waals surface area (Å²) in [6, 6.07) is 4.57. The van der Waals surface area contributed by atoms with Crippen molar-refractivity contribution in [2.24, 2.45) is 4.99 Å². The van der Waals surface area contributed by atoms with Crippen molar-refractivity contribution >= 4 is 27.6 Å². The van der Waals surface area contributed by atoms with Crippen molar-refractivity contribution in [2.75, 3.05) is 31.9 Å². The molecule has 0 aromatic heterocycles. The fraction of sp³-hybridized carbons (Fsp3) is 0.632. The van der Waals surface area contributed by atoms with E-state index in [1.54, 1.807) is 10.4 Å². The average molecular weight is 433 g/mol. The van der Waals surface area contributed by atoms with Gasteiger partial charge in [0.05, 0.1) is 5.75 Å². The summed E-state index contributed by atoms with van der Waals surface area (Å²) in [5, 5.41) is 7.02. The Labute approximate surface area is 172 Å². The standard InChI is InChI=1S/C19H30ClFN4O2S/c1-3-13-28(26,27)25-11-8-17(9-12-25)24-19(22-4-2)23-10-7-15-5-6-16(21)14-18(15)20/h5-6,14,17H,3-4,7-13H2,1-2H3,(H2,22,23,24). The summed E-state index contributed by atoms with van der Waals surface area (Å²) in [5.41, 5.74) is 0.858. The molecule has 0 unspecified atom stereocenters. The first-order chi connectivity index (χ1) is 13.4. The third kappa shape index (κ3) is 6.90. The van der Waals surface area contributed by atoms with Crippen molar-refractivity contribution in [1.82, 2.24) is 14.9 Å². The largest absolute Gasteiger partial charge is 0.357 e. The zero-order valence-electron chi connectivity index (χ0n) is 16.5. The van der Waals surface area contributed by atoms with E-state index in [0.717, 1.165) is 24.9 Å². The summed E-state index contributed by atoms with van der Waals surface area (Å²) in [5.74, 6) is 0.566. The molecule has 2 rings (SSSR count). The van der Waals surface area contributed by atoms with Crippen molar-refractivity contribution in [1.29, 1.82) is 0 Å². The van der Waals surface area contributed by atoms with Gasteiger partial charge in [0.1, 0.15) is 5.82 Å². The van der Waals surface area contributed by atoms with Crippen LogP contribution in [0.4, 0.5) is 4.39 Å². The van der Waals surface area contributed by atoms with Gasteiger partial charge < -0.3 is 10.6 Å². The molecule has 0 amide bonds. The summed E-state index contributed by atoms with van der Waals surface area (Å²) in [6.45, 7) is 6.19. The van der Waals surface area contributed by atoms with Crippen molar-refractivity contribution in [2.45, 2.75) is 45.6 Å². The minimum absolute atomic E-state index is 0.181. The number of halogens is 2. The first-order valence-corrected chi connectivity index (χ1v) is 11.8. The highest BCUT2D eigenvalue weighted by Crippen LogP contribution is 2.18. The minimum Gasteiger partial charge on any atom is -0.357 e. The predicted molar refractivity (Wildman–Crippen MR) is 113 cm³/mol. The molecule has 0 radical (unpaired) electrons. The average Bonchev–Trinajstić information content (AvgIpc) is 2.64. The van der Waals surface area contributed by atoms with Crippen molar-refractivity contribution < 1.29 is 12.8 Å². The lowest BCUT2D eigenvalue weighted by atomic mass is 10.1. The van der Waals surface area contributed by atoms with Gasteiger partial charge in [-0.05, 0) is 50.3 Å². The van der Waals surface area contributed by atoms with Gasteiger partial charge in [0.15, 0.2) is 5.96 Å². The molecule has 9 heteroatoms. The third-order valence-corrected chi connectivity index (χ3v) is 7.09. The number of sulfonamides is 1. The number of rotatable bonds is 8. The highest BCUT2D eigenvalue weighted by molar-refractivity contribution is 7.89. The van der Waals surface area contributed by atoms with Crippen LogP contribution in [-0.2, 0) is 16.4 Å². The number of aliphatic imine (C=N–C) groups is 1. The topological polar surface area (TPSA) is 73.8 Å². The summed E-state index contributed by atoms with van der Waals surface area (Å²) < 4.78 is 39.1. The van der Waals surface area contributed by atoms with Gasteiger partial charge in [-0.3, -0.25) is 4.99 Å². The van der Waals surface area contributed by atoms with E-state index < -0.39 is 10.0 Å². The summed E-state index contributed by atoms with van der Waals surface area (Å²) in [4.78, 5) is 4.57. The summed E-state index contributed by atoms with van der Waals surface area (Å²) in [6.07, 6.45) is 2.74. The summed E-state index contributed by atoms with van der Waals surface area (Å²) in [7, 11) is -3.13. The van der Waals surface area contributed by atoms with Gasteiger partial charge in [0, 0.05) is 37.2 Å². The monoisotopic (exact) mass is 432 g/mol. The Bertz CT molecular complexity index is 765. The second kappa shape index (κ2) is 11.0. The molecule has 0 saturated carbocycles. The normalized spacial score (nSPS) is 16.9. The van der Waals surface area contributed by atoms with E-state index in [1.165, 1.54) is 12.1 Å². The van der Waals surface area contributed by atoms with Crippen LogP contribution in [0.5, 0.6) is 0 Å². The molecular formula is C19H30ClFN4O2S. The van der Waals surface area contributed by atoms with Crippen molar-refractivity contribution in [3.63, 3.8) is 0 Å². The highest BCUT2D eigenvalue weighted by Gasteiger charge is 2.27. The number of guanidine groups is 1. The Morgan fingerprint density at radius 2 is 2.04 bits per heavy atom. The van der Waals surface area contributed by atoms with Gasteiger partial charge in [-0.1, -0.05) is 24.6 Å². The third-order valence-electron chi connectivity index (χ3n) is 4.66. The quantitative estimate of drug-likeness (QED) is 0.489. The van der Waals surface area contributed by atoms with E-state index in [-0.39, 0.29) is 17.6 Å². The number of piperidine rings is 1. The molecule has 28 heavy (non-hydrogen) atoms. The fourth-order valence-electron chi connectivity index (χ4n) is 3.19. The molecule has 1 aromatic carbocycles. The lowest BCUT2D eigenvalue weighted by Crippen LogP contribution is -2.50.